The standard InChI is InChI=1S/C23H19F2N3/c1-2-28(15-16-8-4-3-5-9-16)23-19-10-6-7-11-21(19)26-22(27-23)18-13-12-17(24)14-20(18)25/h3-14H,2,15H2,1H3. The van der Waals surface area contributed by atoms with Gasteiger partial charge in [-0.05, 0) is 36.8 Å². The average molecular weight is 375 g/mol. The summed E-state index contributed by atoms with van der Waals surface area (Å²) in [5.41, 5.74) is 2.06. The van der Waals surface area contributed by atoms with Crippen LogP contribution in [0.3, 0.4) is 0 Å². The second-order valence-corrected chi connectivity index (χ2v) is 6.51. The highest BCUT2D eigenvalue weighted by Gasteiger charge is 2.17. The Morgan fingerprint density at radius 1 is 0.857 bits per heavy atom. The summed E-state index contributed by atoms with van der Waals surface area (Å²) < 4.78 is 27.7. The highest BCUT2D eigenvalue weighted by Crippen LogP contribution is 2.29. The Labute approximate surface area is 162 Å². The minimum atomic E-state index is -0.674. The molecule has 0 aliphatic heterocycles. The van der Waals surface area contributed by atoms with E-state index < -0.39 is 11.6 Å². The molecule has 4 aromatic rings. The van der Waals surface area contributed by atoms with Crippen LogP contribution < -0.4 is 4.90 Å². The fraction of sp³-hybridized carbons (Fsp3) is 0.130. The van der Waals surface area contributed by atoms with E-state index >= 15 is 0 Å². The van der Waals surface area contributed by atoms with E-state index in [4.69, 9.17) is 0 Å². The first-order chi connectivity index (χ1) is 13.7. The second kappa shape index (κ2) is 7.72. The third-order valence-corrected chi connectivity index (χ3v) is 4.65. The lowest BCUT2D eigenvalue weighted by Crippen LogP contribution is -2.23. The van der Waals surface area contributed by atoms with Gasteiger partial charge < -0.3 is 4.90 Å². The largest absolute Gasteiger partial charge is 0.352 e. The van der Waals surface area contributed by atoms with Crippen molar-refractivity contribution in [2.45, 2.75) is 13.5 Å². The number of rotatable bonds is 5. The minimum Gasteiger partial charge on any atom is -0.352 e. The maximum absolute atomic E-state index is 14.4. The Kier molecular flexibility index (Phi) is 4.98. The molecular formula is C23H19F2N3. The Morgan fingerprint density at radius 2 is 1.61 bits per heavy atom. The van der Waals surface area contributed by atoms with Gasteiger partial charge in [0.25, 0.3) is 0 Å². The van der Waals surface area contributed by atoms with Gasteiger partial charge in [-0.2, -0.15) is 0 Å². The average Bonchev–Trinajstić information content (AvgIpc) is 2.72. The van der Waals surface area contributed by atoms with E-state index in [0.29, 0.717) is 6.54 Å². The van der Waals surface area contributed by atoms with Gasteiger partial charge in [-0.15, -0.1) is 0 Å². The highest BCUT2D eigenvalue weighted by atomic mass is 19.1. The van der Waals surface area contributed by atoms with Crippen molar-refractivity contribution in [3.8, 4) is 11.4 Å². The fourth-order valence-electron chi connectivity index (χ4n) is 3.23. The number of nitrogens with zero attached hydrogens (tertiary/aromatic N) is 3. The quantitative estimate of drug-likeness (QED) is 0.455. The molecule has 5 heteroatoms. The lowest BCUT2D eigenvalue weighted by Gasteiger charge is -2.24. The molecule has 0 aliphatic carbocycles. The van der Waals surface area contributed by atoms with Crippen molar-refractivity contribution in [1.29, 1.82) is 0 Å². The maximum Gasteiger partial charge on any atom is 0.165 e. The van der Waals surface area contributed by atoms with Crippen molar-refractivity contribution < 1.29 is 8.78 Å². The lowest BCUT2D eigenvalue weighted by atomic mass is 10.1. The summed E-state index contributed by atoms with van der Waals surface area (Å²) in [4.78, 5) is 11.3. The van der Waals surface area contributed by atoms with Gasteiger partial charge in [0.2, 0.25) is 0 Å². The maximum atomic E-state index is 14.4. The highest BCUT2D eigenvalue weighted by molar-refractivity contribution is 5.91. The Balaban J connectivity index is 1.86. The van der Waals surface area contributed by atoms with Gasteiger partial charge in [-0.3, -0.25) is 0 Å². The van der Waals surface area contributed by atoms with Crippen LogP contribution in [0.1, 0.15) is 12.5 Å². The first-order valence-corrected chi connectivity index (χ1v) is 9.17. The summed E-state index contributed by atoms with van der Waals surface area (Å²) in [7, 11) is 0. The third kappa shape index (κ3) is 3.56. The fourth-order valence-corrected chi connectivity index (χ4v) is 3.23. The summed E-state index contributed by atoms with van der Waals surface area (Å²) in [6.45, 7) is 3.45. The molecule has 0 atom stereocenters. The number of anilines is 1. The van der Waals surface area contributed by atoms with E-state index in [9.17, 15) is 8.78 Å². The van der Waals surface area contributed by atoms with E-state index in [2.05, 4.69) is 33.9 Å². The smallest absolute Gasteiger partial charge is 0.165 e. The Bertz CT molecular complexity index is 1110. The van der Waals surface area contributed by atoms with Crippen molar-refractivity contribution in [3.05, 3.63) is 90.0 Å². The zero-order valence-electron chi connectivity index (χ0n) is 15.4. The van der Waals surface area contributed by atoms with Crippen molar-refractivity contribution in [2.24, 2.45) is 0 Å². The molecule has 0 saturated carbocycles. The number of hydrogen-bond donors (Lipinski definition) is 0. The van der Waals surface area contributed by atoms with Crippen LogP contribution in [0.15, 0.2) is 72.8 Å². The number of halogens is 2. The van der Waals surface area contributed by atoms with E-state index in [1.807, 2.05) is 42.5 Å². The SMILES string of the molecule is CCN(Cc1ccccc1)c1nc(-c2ccc(F)cc2F)nc2ccccc12. The van der Waals surface area contributed by atoms with Gasteiger partial charge in [0, 0.05) is 24.5 Å². The Hall–Kier alpha value is -3.34. The summed E-state index contributed by atoms with van der Waals surface area (Å²) in [5, 5.41) is 0.895. The molecule has 0 spiro atoms. The van der Waals surface area contributed by atoms with Gasteiger partial charge in [-0.1, -0.05) is 42.5 Å². The number of fused-ring (bicyclic) bond motifs is 1. The molecule has 4 rings (SSSR count). The van der Waals surface area contributed by atoms with Gasteiger partial charge in [0.05, 0.1) is 11.1 Å². The van der Waals surface area contributed by atoms with Crippen LogP contribution in [-0.2, 0) is 6.54 Å². The van der Waals surface area contributed by atoms with E-state index in [-0.39, 0.29) is 11.4 Å². The minimum absolute atomic E-state index is 0.184. The molecular weight excluding hydrogens is 356 g/mol. The van der Waals surface area contributed by atoms with Crippen LogP contribution in [0, 0.1) is 11.6 Å². The van der Waals surface area contributed by atoms with Crippen LogP contribution in [0.2, 0.25) is 0 Å². The molecule has 140 valence electrons. The number of hydrogen-bond acceptors (Lipinski definition) is 3. The molecule has 0 bridgehead atoms. The molecule has 0 unspecified atom stereocenters. The first-order valence-electron chi connectivity index (χ1n) is 9.17. The van der Waals surface area contributed by atoms with Crippen molar-refractivity contribution >= 4 is 16.7 Å². The molecule has 0 fully saturated rings. The van der Waals surface area contributed by atoms with Crippen LogP contribution in [0.25, 0.3) is 22.3 Å². The monoisotopic (exact) mass is 375 g/mol. The van der Waals surface area contributed by atoms with Crippen molar-refractivity contribution in [2.75, 3.05) is 11.4 Å². The predicted molar refractivity (Wildman–Crippen MR) is 108 cm³/mol. The van der Waals surface area contributed by atoms with Crippen molar-refractivity contribution in [3.63, 3.8) is 0 Å². The predicted octanol–water partition coefficient (Wildman–Crippen LogP) is 5.60. The molecule has 0 radical (unpaired) electrons. The molecule has 0 N–H and O–H groups in total. The summed E-state index contributed by atoms with van der Waals surface area (Å²) >= 11 is 0. The van der Waals surface area contributed by atoms with E-state index in [1.165, 1.54) is 12.1 Å². The van der Waals surface area contributed by atoms with Crippen LogP contribution in [-0.4, -0.2) is 16.5 Å². The zero-order chi connectivity index (χ0) is 19.5. The van der Waals surface area contributed by atoms with Crippen molar-refractivity contribution in [1.82, 2.24) is 9.97 Å². The molecule has 0 amide bonds. The van der Waals surface area contributed by atoms with Gasteiger partial charge in [0.15, 0.2) is 5.82 Å². The molecule has 1 aromatic heterocycles. The van der Waals surface area contributed by atoms with Gasteiger partial charge in [-0.25, -0.2) is 18.7 Å². The van der Waals surface area contributed by atoms with E-state index in [0.717, 1.165) is 34.9 Å². The van der Waals surface area contributed by atoms with E-state index in [1.54, 1.807) is 0 Å². The van der Waals surface area contributed by atoms with Crippen LogP contribution in [0.5, 0.6) is 0 Å². The van der Waals surface area contributed by atoms with Gasteiger partial charge in [0.1, 0.15) is 17.5 Å². The lowest BCUT2D eigenvalue weighted by molar-refractivity contribution is 0.585. The normalized spacial score (nSPS) is 11.0. The summed E-state index contributed by atoms with van der Waals surface area (Å²) in [6, 6.07) is 21.2. The third-order valence-electron chi connectivity index (χ3n) is 4.65. The molecule has 0 saturated heterocycles. The second-order valence-electron chi connectivity index (χ2n) is 6.51. The molecule has 0 aliphatic rings. The number of para-hydroxylation sites is 1. The molecule has 28 heavy (non-hydrogen) atoms. The summed E-state index contributed by atoms with van der Waals surface area (Å²) in [6.07, 6.45) is 0. The first kappa shape index (κ1) is 18.0. The Morgan fingerprint density at radius 3 is 2.36 bits per heavy atom. The number of aromatic nitrogens is 2. The summed E-state index contributed by atoms with van der Waals surface area (Å²) in [5.74, 6) is -0.317. The topological polar surface area (TPSA) is 29.0 Å². The molecule has 1 heterocycles. The zero-order valence-corrected chi connectivity index (χ0v) is 15.4. The number of benzene rings is 3. The van der Waals surface area contributed by atoms with Gasteiger partial charge >= 0.3 is 0 Å². The van der Waals surface area contributed by atoms with Crippen LogP contribution in [0.4, 0.5) is 14.6 Å². The molecule has 3 aromatic carbocycles. The van der Waals surface area contributed by atoms with Crippen LogP contribution >= 0.6 is 0 Å². The molecule has 3 nitrogen and oxygen atoms in total.